The fraction of sp³-hybridized carbons (Fsp3) is 0.250. The molecule has 0 unspecified atom stereocenters. The van der Waals surface area contributed by atoms with Crippen LogP contribution in [-0.2, 0) is 0 Å². The molecule has 0 amide bonds. The van der Waals surface area contributed by atoms with Crippen molar-refractivity contribution < 1.29 is 0 Å². The molecule has 2 heteroatoms. The van der Waals surface area contributed by atoms with Gasteiger partial charge in [-0.2, -0.15) is 0 Å². The van der Waals surface area contributed by atoms with Crippen LogP contribution >= 0.6 is 0 Å². The van der Waals surface area contributed by atoms with Crippen molar-refractivity contribution in [1.29, 1.82) is 0 Å². The summed E-state index contributed by atoms with van der Waals surface area (Å²) < 4.78 is 10.8. The number of benzene rings is 3. The summed E-state index contributed by atoms with van der Waals surface area (Å²) in [5.74, 6) is 0. The number of hydrogen-bond acceptors (Lipinski definition) is 0. The molecule has 3 aliphatic rings. The van der Waals surface area contributed by atoms with E-state index in [1.165, 1.54) is 33.4 Å². The van der Waals surface area contributed by atoms with Crippen molar-refractivity contribution in [2.75, 3.05) is 0 Å². The monoisotopic (exact) mass is 554 g/mol. The van der Waals surface area contributed by atoms with E-state index in [4.69, 9.17) is 0 Å². The van der Waals surface area contributed by atoms with E-state index in [9.17, 15) is 0 Å². The van der Waals surface area contributed by atoms with Crippen LogP contribution in [0.4, 0.5) is 0 Å². The molecule has 26 heavy (non-hydrogen) atoms. The van der Waals surface area contributed by atoms with Gasteiger partial charge < -0.3 is 0 Å². The molecule has 3 aromatic carbocycles. The van der Waals surface area contributed by atoms with Crippen LogP contribution < -0.4 is 21.1 Å². The van der Waals surface area contributed by atoms with Gasteiger partial charge >= 0.3 is 173 Å². The normalized spacial score (nSPS) is 15.0. The molecule has 0 aliphatic carbocycles. The molecule has 0 saturated carbocycles. The summed E-state index contributed by atoms with van der Waals surface area (Å²) in [6.07, 6.45) is 0. The first kappa shape index (κ1) is 17.4. The average molecular weight is 556 g/mol. The molecular weight excluding hydrogens is 532 g/mol. The molecule has 3 aromatic rings. The van der Waals surface area contributed by atoms with Crippen molar-refractivity contribution in [3.05, 3.63) is 69.8 Å². The summed E-state index contributed by atoms with van der Waals surface area (Å²) in [4.78, 5) is 0. The summed E-state index contributed by atoms with van der Waals surface area (Å²) in [6.45, 7) is 13.8. The Labute approximate surface area is 171 Å². The van der Waals surface area contributed by atoms with Crippen LogP contribution in [0.15, 0.2) is 36.4 Å². The number of aryl methyl sites for hydroxylation is 6. The van der Waals surface area contributed by atoms with Crippen LogP contribution in [-0.4, -0.2) is 40.4 Å². The summed E-state index contributed by atoms with van der Waals surface area (Å²) in [5, 5.41) is 0. The van der Waals surface area contributed by atoms with Gasteiger partial charge in [-0.25, -0.2) is 0 Å². The van der Waals surface area contributed by atoms with Gasteiger partial charge in [0.2, 0.25) is 0 Å². The maximum atomic E-state index is 2.58. The minimum absolute atomic E-state index is 1.48. The molecule has 0 nitrogen and oxygen atoms in total. The molecule has 0 spiro atoms. The van der Waals surface area contributed by atoms with Gasteiger partial charge in [0.25, 0.3) is 0 Å². The quantitative estimate of drug-likeness (QED) is 0.252. The Morgan fingerprint density at radius 1 is 0.346 bits per heavy atom. The Hall–Kier alpha value is -0.704. The molecule has 3 heterocycles. The summed E-state index contributed by atoms with van der Waals surface area (Å²) in [5.41, 5.74) is 8.91. The van der Waals surface area contributed by atoms with Gasteiger partial charge in [0.15, 0.2) is 0 Å². The van der Waals surface area contributed by atoms with Crippen molar-refractivity contribution >= 4 is 61.5 Å². The molecule has 0 fully saturated rings. The maximum absolute atomic E-state index is 2.58. The first-order valence-electron chi connectivity index (χ1n) is 9.31. The fourth-order valence-corrected chi connectivity index (χ4v) is 30.7. The zero-order chi connectivity index (χ0) is 18.3. The third-order valence-electron chi connectivity index (χ3n) is 6.22. The molecule has 0 atom stereocenters. The zero-order valence-corrected chi connectivity index (χ0v) is 21.5. The molecule has 3 aliphatic heterocycles. The topological polar surface area (TPSA) is 0 Å². The van der Waals surface area contributed by atoms with Crippen LogP contribution in [0.3, 0.4) is 0 Å². The third-order valence-corrected chi connectivity index (χ3v) is 25.5. The Bertz CT molecular complexity index is 879. The Balaban J connectivity index is 1.91. The predicted octanol–water partition coefficient (Wildman–Crippen LogP) is 1.20. The molecule has 0 N–H and O–H groups in total. The van der Waals surface area contributed by atoms with Crippen LogP contribution in [0.5, 0.6) is 0 Å². The van der Waals surface area contributed by atoms with Crippen LogP contribution in [0.25, 0.3) is 0 Å². The van der Waals surface area contributed by atoms with Gasteiger partial charge in [-0.05, 0) is 0 Å². The fourth-order valence-electron chi connectivity index (χ4n) is 4.21. The zero-order valence-electron chi connectivity index (χ0n) is 16.4. The van der Waals surface area contributed by atoms with Crippen LogP contribution in [0, 0.1) is 41.5 Å². The van der Waals surface area contributed by atoms with Crippen molar-refractivity contribution in [2.24, 2.45) is 0 Å². The summed E-state index contributed by atoms with van der Waals surface area (Å²) >= 11 is -3.79. The summed E-state index contributed by atoms with van der Waals surface area (Å²) in [7, 11) is 0. The first-order chi connectivity index (χ1) is 12.4. The molecule has 0 saturated heterocycles. The Kier molecular flexibility index (Phi) is 3.94. The van der Waals surface area contributed by atoms with E-state index in [2.05, 4.69) is 77.9 Å². The van der Waals surface area contributed by atoms with Gasteiger partial charge in [0.05, 0.1) is 0 Å². The number of rotatable bonds is 0. The van der Waals surface area contributed by atoms with E-state index >= 15 is 0 Å². The van der Waals surface area contributed by atoms with E-state index in [1.54, 1.807) is 21.1 Å². The second-order valence-electron chi connectivity index (χ2n) is 7.95. The van der Waals surface area contributed by atoms with Gasteiger partial charge in [-0.3, -0.25) is 0 Å². The second kappa shape index (κ2) is 5.89. The Morgan fingerprint density at radius 3 is 0.654 bits per heavy atom. The van der Waals surface area contributed by atoms with Gasteiger partial charge in [-0.1, -0.05) is 0 Å². The minimum atomic E-state index is -1.90. The van der Waals surface area contributed by atoms with E-state index < -0.39 is 40.4 Å². The van der Waals surface area contributed by atoms with Crippen molar-refractivity contribution in [3.8, 4) is 0 Å². The second-order valence-corrected chi connectivity index (χ2v) is 20.0. The van der Waals surface area contributed by atoms with Crippen molar-refractivity contribution in [2.45, 2.75) is 41.5 Å². The van der Waals surface area contributed by atoms with Crippen LogP contribution in [0.1, 0.15) is 33.4 Å². The van der Waals surface area contributed by atoms with Gasteiger partial charge in [-0.15, -0.1) is 0 Å². The number of hydrogen-bond donors (Lipinski definition) is 0. The van der Waals surface area contributed by atoms with Gasteiger partial charge in [0, 0.05) is 0 Å². The summed E-state index contributed by atoms with van der Waals surface area (Å²) in [6, 6.07) is 15.5. The van der Waals surface area contributed by atoms with E-state index in [1.807, 2.05) is 0 Å². The van der Waals surface area contributed by atoms with Crippen LogP contribution in [0.2, 0.25) is 0 Å². The van der Waals surface area contributed by atoms with Crippen molar-refractivity contribution in [3.63, 3.8) is 0 Å². The Morgan fingerprint density at radius 2 is 0.500 bits per heavy atom. The molecule has 0 radical (unpaired) electrons. The molecule has 2 bridgehead atoms. The SMILES string of the molecule is Cc1c[c]2[c](cc1C)[Sb]1[c]3cc(C)c(C)c[c]3[Sb]2[c]2cc(C)c(C)c[c]21. The van der Waals surface area contributed by atoms with Gasteiger partial charge in [0.1, 0.15) is 0 Å². The van der Waals surface area contributed by atoms with Crippen molar-refractivity contribution in [1.82, 2.24) is 0 Å². The van der Waals surface area contributed by atoms with E-state index in [0.29, 0.717) is 0 Å². The third kappa shape index (κ3) is 2.28. The standard InChI is InChI=1S/3C8H8.2Sb/c3*1-7-5-3-4-6-8(7)2;;/h3*5-6H,1-2H3;;. The molecule has 0 aromatic heterocycles. The predicted molar refractivity (Wildman–Crippen MR) is 117 cm³/mol. The first-order valence-corrected chi connectivity index (χ1v) is 17.0. The molecule has 130 valence electrons. The molecular formula is C24H24Sb2. The van der Waals surface area contributed by atoms with E-state index in [-0.39, 0.29) is 0 Å². The van der Waals surface area contributed by atoms with E-state index in [0.717, 1.165) is 0 Å². The average Bonchev–Trinajstić information content (AvgIpc) is 2.58. The molecule has 6 rings (SSSR count).